The molecule has 12 heteroatoms. The lowest BCUT2D eigenvalue weighted by atomic mass is 9.97. The molecule has 0 aromatic heterocycles. The number of piperidine rings is 1. The fraction of sp³-hybridized carbons (Fsp3) is 0.333. The van der Waals surface area contributed by atoms with Crippen LogP contribution in [0.5, 0.6) is 17.2 Å². The van der Waals surface area contributed by atoms with E-state index >= 15 is 0 Å². The van der Waals surface area contributed by atoms with E-state index in [-0.39, 0.29) is 49.7 Å². The van der Waals surface area contributed by atoms with Crippen molar-refractivity contribution in [3.8, 4) is 17.2 Å². The molecule has 2 aliphatic heterocycles. The molecule has 3 aliphatic rings. The second kappa shape index (κ2) is 12.9. The highest BCUT2D eigenvalue weighted by molar-refractivity contribution is 6.06. The maximum Gasteiger partial charge on any atom is 0.411 e. The summed E-state index contributed by atoms with van der Waals surface area (Å²) >= 11 is 0. The number of nitrogens with one attached hydrogen (secondary N) is 2. The quantitative estimate of drug-likeness (QED) is 0.298. The van der Waals surface area contributed by atoms with E-state index < -0.39 is 29.7 Å². The standard InChI is InChI=1S/C33H31F2N3O7/c34-25-13-12-24(16-26(25)35)44-23-10-8-21(9-11-23)36-33(42)43-18-20-7-6-19-17-38(27-14-15-28(39)37-31(27)40)32(41)29(19)30(20)45-22-4-2-1-3-5-22/h6-13,16,22,27H,1-5,14-15,17-18H2,(H,36,42)(H,37,39,40). The van der Waals surface area contributed by atoms with E-state index in [9.17, 15) is 28.0 Å². The van der Waals surface area contributed by atoms with Crippen molar-refractivity contribution in [1.29, 1.82) is 0 Å². The van der Waals surface area contributed by atoms with Crippen LogP contribution in [0.2, 0.25) is 0 Å². The first-order chi connectivity index (χ1) is 21.7. The molecule has 45 heavy (non-hydrogen) atoms. The Morgan fingerprint density at radius 1 is 0.911 bits per heavy atom. The molecule has 0 radical (unpaired) electrons. The Kier molecular flexibility index (Phi) is 8.63. The minimum Gasteiger partial charge on any atom is -0.489 e. The van der Waals surface area contributed by atoms with Crippen LogP contribution in [0.25, 0.3) is 0 Å². The van der Waals surface area contributed by atoms with E-state index in [0.29, 0.717) is 33.9 Å². The Bertz CT molecular complexity index is 1640. The van der Waals surface area contributed by atoms with Gasteiger partial charge in [-0.2, -0.15) is 0 Å². The smallest absolute Gasteiger partial charge is 0.411 e. The molecule has 3 aromatic rings. The molecule has 234 valence electrons. The van der Waals surface area contributed by atoms with E-state index in [2.05, 4.69) is 10.6 Å². The summed E-state index contributed by atoms with van der Waals surface area (Å²) in [6, 6.07) is 12.2. The van der Waals surface area contributed by atoms with Gasteiger partial charge in [0, 0.05) is 30.3 Å². The maximum atomic E-state index is 13.7. The van der Waals surface area contributed by atoms with Crippen LogP contribution in [0.1, 0.15) is 66.4 Å². The Balaban J connectivity index is 1.14. The second-order valence-corrected chi connectivity index (χ2v) is 11.3. The minimum atomic E-state index is -1.03. The van der Waals surface area contributed by atoms with Crippen LogP contribution in [0, 0.1) is 11.6 Å². The summed E-state index contributed by atoms with van der Waals surface area (Å²) < 4.78 is 44.1. The summed E-state index contributed by atoms with van der Waals surface area (Å²) in [5, 5.41) is 4.94. The fourth-order valence-electron chi connectivity index (χ4n) is 5.84. The molecular weight excluding hydrogens is 588 g/mol. The highest BCUT2D eigenvalue weighted by Gasteiger charge is 2.41. The van der Waals surface area contributed by atoms with Gasteiger partial charge in [0.2, 0.25) is 11.8 Å². The van der Waals surface area contributed by atoms with Gasteiger partial charge in [-0.15, -0.1) is 0 Å². The van der Waals surface area contributed by atoms with Crippen molar-refractivity contribution in [2.45, 2.75) is 70.2 Å². The zero-order valence-corrected chi connectivity index (χ0v) is 24.3. The van der Waals surface area contributed by atoms with Gasteiger partial charge in [0.1, 0.15) is 29.9 Å². The zero-order valence-electron chi connectivity index (χ0n) is 24.3. The number of rotatable bonds is 8. The van der Waals surface area contributed by atoms with Crippen molar-refractivity contribution in [1.82, 2.24) is 10.2 Å². The van der Waals surface area contributed by atoms with E-state index in [0.717, 1.165) is 44.2 Å². The van der Waals surface area contributed by atoms with Gasteiger partial charge >= 0.3 is 6.09 Å². The number of carbonyl (C=O) groups excluding carboxylic acids is 4. The number of hydrogen-bond acceptors (Lipinski definition) is 7. The van der Waals surface area contributed by atoms with Crippen LogP contribution >= 0.6 is 0 Å². The molecule has 1 aliphatic carbocycles. The molecule has 0 spiro atoms. The van der Waals surface area contributed by atoms with Crippen LogP contribution in [0.3, 0.4) is 0 Å². The van der Waals surface area contributed by atoms with Crippen LogP contribution < -0.4 is 20.1 Å². The lowest BCUT2D eigenvalue weighted by Gasteiger charge is -2.29. The number of imide groups is 1. The average molecular weight is 620 g/mol. The largest absolute Gasteiger partial charge is 0.489 e. The van der Waals surface area contributed by atoms with Gasteiger partial charge in [-0.3, -0.25) is 25.0 Å². The van der Waals surface area contributed by atoms with Crippen LogP contribution in [0.15, 0.2) is 54.6 Å². The molecule has 0 bridgehead atoms. The summed E-state index contributed by atoms with van der Waals surface area (Å²) in [4.78, 5) is 52.1. The molecule has 1 atom stereocenters. The van der Waals surface area contributed by atoms with E-state index in [1.165, 1.54) is 11.0 Å². The van der Waals surface area contributed by atoms with E-state index in [1.807, 2.05) is 0 Å². The second-order valence-electron chi connectivity index (χ2n) is 11.3. The van der Waals surface area contributed by atoms with Gasteiger partial charge in [-0.25, -0.2) is 13.6 Å². The Labute approximate surface area is 257 Å². The third-order valence-corrected chi connectivity index (χ3v) is 8.15. The van der Waals surface area contributed by atoms with Crippen molar-refractivity contribution in [2.75, 3.05) is 5.32 Å². The first-order valence-electron chi connectivity index (χ1n) is 14.9. The normalized spacial score (nSPS) is 18.3. The van der Waals surface area contributed by atoms with Crippen molar-refractivity contribution < 1.29 is 42.2 Å². The average Bonchev–Trinajstić information content (AvgIpc) is 3.36. The molecule has 6 rings (SSSR count). The first-order valence-corrected chi connectivity index (χ1v) is 14.9. The Morgan fingerprint density at radius 2 is 1.67 bits per heavy atom. The molecule has 1 unspecified atom stereocenters. The summed E-state index contributed by atoms with van der Waals surface area (Å²) in [5.41, 5.74) is 1.97. The lowest BCUT2D eigenvalue weighted by Crippen LogP contribution is -2.52. The van der Waals surface area contributed by atoms with Crippen molar-refractivity contribution >= 4 is 29.5 Å². The Hall–Kier alpha value is -5.00. The number of nitrogens with zero attached hydrogens (tertiary/aromatic N) is 1. The number of fused-ring (bicyclic) bond motifs is 1. The van der Waals surface area contributed by atoms with Crippen molar-refractivity contribution in [3.63, 3.8) is 0 Å². The minimum absolute atomic E-state index is 0.0950. The van der Waals surface area contributed by atoms with Crippen LogP contribution in [-0.2, 0) is 27.5 Å². The third kappa shape index (κ3) is 6.74. The number of carbonyl (C=O) groups is 4. The highest BCUT2D eigenvalue weighted by atomic mass is 19.2. The third-order valence-electron chi connectivity index (χ3n) is 8.15. The molecule has 2 N–H and O–H groups in total. The van der Waals surface area contributed by atoms with Gasteiger partial charge in [0.25, 0.3) is 5.91 Å². The first kappa shape index (κ1) is 30.0. The summed E-state index contributed by atoms with van der Waals surface area (Å²) in [6.45, 7) is 0.0308. The highest BCUT2D eigenvalue weighted by Crippen LogP contribution is 2.38. The number of ether oxygens (including phenoxy) is 3. The van der Waals surface area contributed by atoms with Gasteiger partial charge in [0.05, 0.1) is 11.7 Å². The SMILES string of the molecule is O=C1CCC(N2Cc3ccc(COC(=O)Nc4ccc(Oc5ccc(F)c(F)c5)cc4)c(OC4CCCCC4)c3C2=O)C(=O)N1. The van der Waals surface area contributed by atoms with E-state index in [1.54, 1.807) is 36.4 Å². The Morgan fingerprint density at radius 3 is 2.40 bits per heavy atom. The van der Waals surface area contributed by atoms with Crippen molar-refractivity contribution in [2.24, 2.45) is 0 Å². The summed E-state index contributed by atoms with van der Waals surface area (Å²) in [5.74, 6) is -2.40. The predicted molar refractivity (Wildman–Crippen MR) is 157 cm³/mol. The number of halogens is 2. The van der Waals surface area contributed by atoms with Gasteiger partial charge < -0.3 is 19.1 Å². The number of benzene rings is 3. The number of hydrogen-bond donors (Lipinski definition) is 2. The molecule has 1 saturated carbocycles. The van der Waals surface area contributed by atoms with Crippen LogP contribution in [-0.4, -0.2) is 40.9 Å². The van der Waals surface area contributed by atoms with E-state index in [4.69, 9.17) is 14.2 Å². The molecule has 2 heterocycles. The van der Waals surface area contributed by atoms with Gasteiger partial charge in [0.15, 0.2) is 11.6 Å². The molecule has 4 amide bonds. The zero-order chi connectivity index (χ0) is 31.5. The molecule has 2 fully saturated rings. The number of amides is 4. The fourth-order valence-corrected chi connectivity index (χ4v) is 5.84. The molecular formula is C33H31F2N3O7. The van der Waals surface area contributed by atoms with Gasteiger partial charge in [-0.05, 0) is 74.1 Å². The number of anilines is 1. The maximum absolute atomic E-state index is 13.7. The van der Waals surface area contributed by atoms with Crippen molar-refractivity contribution in [3.05, 3.63) is 82.9 Å². The summed E-state index contributed by atoms with van der Waals surface area (Å²) in [6.07, 6.45) is 4.37. The van der Waals surface area contributed by atoms with Gasteiger partial charge in [-0.1, -0.05) is 18.6 Å². The monoisotopic (exact) mass is 619 g/mol. The van der Waals surface area contributed by atoms with Crippen LogP contribution in [0.4, 0.5) is 19.3 Å². The molecule has 10 nitrogen and oxygen atoms in total. The topological polar surface area (TPSA) is 123 Å². The molecule has 1 saturated heterocycles. The summed E-state index contributed by atoms with van der Waals surface area (Å²) in [7, 11) is 0. The predicted octanol–water partition coefficient (Wildman–Crippen LogP) is 5.98. The molecule has 3 aromatic carbocycles. The lowest BCUT2D eigenvalue weighted by molar-refractivity contribution is -0.136.